The maximum atomic E-state index is 12.2. The summed E-state index contributed by atoms with van der Waals surface area (Å²) < 4.78 is 45.9. The third-order valence-electron chi connectivity index (χ3n) is 3.73. The average Bonchev–Trinajstić information content (AvgIpc) is 3.38. The van der Waals surface area contributed by atoms with Crippen LogP contribution in [0.1, 0.15) is 5.56 Å². The Morgan fingerprint density at radius 3 is 2.69 bits per heavy atom. The third-order valence-corrected chi connectivity index (χ3v) is 4.59. The third kappa shape index (κ3) is 4.69. The largest absolute Gasteiger partial charge is 0.573 e. The van der Waals surface area contributed by atoms with Crippen molar-refractivity contribution < 1.29 is 22.4 Å². The van der Waals surface area contributed by atoms with Gasteiger partial charge in [0.15, 0.2) is 0 Å². The van der Waals surface area contributed by atoms with Crippen molar-refractivity contribution in [3.05, 3.63) is 59.9 Å². The summed E-state index contributed by atoms with van der Waals surface area (Å²) in [6.45, 7) is 0.308. The van der Waals surface area contributed by atoms with Crippen LogP contribution in [0, 0.1) is 0 Å². The fraction of sp³-hybridized carbons (Fsp3) is 0.111. The smallest absolute Gasteiger partial charge is 0.406 e. The Morgan fingerprint density at radius 2 is 1.97 bits per heavy atom. The van der Waals surface area contributed by atoms with E-state index in [1.54, 1.807) is 6.20 Å². The lowest BCUT2D eigenvalue weighted by molar-refractivity contribution is -0.274. The maximum absolute atomic E-state index is 12.2. The van der Waals surface area contributed by atoms with E-state index >= 15 is 0 Å². The Balaban J connectivity index is 1.48. The first kappa shape index (κ1) is 18.9. The molecule has 0 bridgehead atoms. The predicted octanol–water partition coefficient (Wildman–Crippen LogP) is 4.77. The van der Waals surface area contributed by atoms with Gasteiger partial charge in [-0.05, 0) is 29.1 Å². The molecule has 0 saturated heterocycles. The molecule has 3 heterocycles. The van der Waals surface area contributed by atoms with Gasteiger partial charge in [0.25, 0.3) is 5.89 Å². The van der Waals surface area contributed by atoms with Crippen LogP contribution in [0.5, 0.6) is 5.75 Å². The van der Waals surface area contributed by atoms with Crippen LogP contribution >= 0.6 is 11.3 Å². The highest BCUT2D eigenvalue weighted by Gasteiger charge is 2.30. The van der Waals surface area contributed by atoms with Gasteiger partial charge in [-0.2, -0.15) is 4.98 Å². The van der Waals surface area contributed by atoms with Gasteiger partial charge in [-0.25, -0.2) is 9.97 Å². The van der Waals surface area contributed by atoms with Gasteiger partial charge in [-0.1, -0.05) is 23.4 Å². The molecule has 0 fully saturated rings. The molecule has 0 spiro atoms. The Hall–Kier alpha value is -3.47. The molecule has 0 radical (unpaired) electrons. The van der Waals surface area contributed by atoms with Gasteiger partial charge in [0, 0.05) is 12.7 Å². The Morgan fingerprint density at radius 1 is 1.14 bits per heavy atom. The summed E-state index contributed by atoms with van der Waals surface area (Å²) in [5.41, 5.74) is 1.24. The second-order valence-corrected chi connectivity index (χ2v) is 6.68. The minimum Gasteiger partial charge on any atom is -0.406 e. The number of nitrogens with one attached hydrogen (secondary N) is 1. The topological polar surface area (TPSA) is 86.0 Å². The molecule has 0 unspecified atom stereocenters. The molecule has 148 valence electrons. The molecule has 3 aromatic heterocycles. The molecule has 0 aliphatic rings. The SMILES string of the molecule is FC(F)(F)Oc1ccc(CNc2ncncc2-c2nc(-c3cccs3)no2)cc1. The van der Waals surface area contributed by atoms with E-state index in [9.17, 15) is 13.2 Å². The van der Waals surface area contributed by atoms with Crippen LogP contribution in [0.3, 0.4) is 0 Å². The van der Waals surface area contributed by atoms with Crippen molar-refractivity contribution in [3.8, 4) is 27.9 Å². The molecule has 11 heteroatoms. The first-order chi connectivity index (χ1) is 14.0. The second-order valence-electron chi connectivity index (χ2n) is 5.73. The molecule has 0 atom stereocenters. The number of alkyl halides is 3. The minimum absolute atomic E-state index is 0.255. The van der Waals surface area contributed by atoms with E-state index in [1.165, 1.54) is 41.9 Å². The molecule has 4 aromatic rings. The molecule has 1 aromatic carbocycles. The van der Waals surface area contributed by atoms with Gasteiger partial charge in [-0.3, -0.25) is 0 Å². The summed E-state index contributed by atoms with van der Waals surface area (Å²) >= 11 is 1.49. The number of thiophene rings is 1. The molecule has 1 N–H and O–H groups in total. The summed E-state index contributed by atoms with van der Waals surface area (Å²) in [4.78, 5) is 13.4. The monoisotopic (exact) mass is 419 g/mol. The molecule has 0 aliphatic heterocycles. The zero-order chi connectivity index (χ0) is 20.3. The summed E-state index contributed by atoms with van der Waals surface area (Å²) in [5, 5.41) is 8.98. The number of hydrogen-bond acceptors (Lipinski definition) is 8. The predicted molar refractivity (Wildman–Crippen MR) is 99.1 cm³/mol. The van der Waals surface area contributed by atoms with Crippen molar-refractivity contribution in [2.45, 2.75) is 12.9 Å². The Kier molecular flexibility index (Phi) is 5.12. The lowest BCUT2D eigenvalue weighted by Crippen LogP contribution is -2.17. The van der Waals surface area contributed by atoms with Crippen molar-refractivity contribution >= 4 is 17.2 Å². The molecule has 4 rings (SSSR count). The van der Waals surface area contributed by atoms with Crippen molar-refractivity contribution in [1.29, 1.82) is 0 Å². The summed E-state index contributed by atoms with van der Waals surface area (Å²) in [5.74, 6) is 0.892. The standard InChI is InChI=1S/C18H12F3N5O2S/c19-18(20,21)27-12-5-3-11(4-6-12)8-23-15-13(9-22-10-24-15)17-25-16(26-28-17)14-2-1-7-29-14/h1-7,9-10H,8H2,(H,22,23,24). The highest BCUT2D eigenvalue weighted by molar-refractivity contribution is 7.13. The highest BCUT2D eigenvalue weighted by Crippen LogP contribution is 2.28. The minimum atomic E-state index is -4.72. The number of rotatable bonds is 6. The lowest BCUT2D eigenvalue weighted by Gasteiger charge is -2.10. The van der Waals surface area contributed by atoms with Crippen molar-refractivity contribution in [2.24, 2.45) is 0 Å². The van der Waals surface area contributed by atoms with Gasteiger partial charge in [0.2, 0.25) is 5.82 Å². The van der Waals surface area contributed by atoms with Crippen LogP contribution in [0.4, 0.5) is 19.0 Å². The van der Waals surface area contributed by atoms with Gasteiger partial charge in [0.1, 0.15) is 23.5 Å². The van der Waals surface area contributed by atoms with Crippen LogP contribution in [0.2, 0.25) is 0 Å². The highest BCUT2D eigenvalue weighted by atomic mass is 32.1. The lowest BCUT2D eigenvalue weighted by atomic mass is 10.2. The number of aromatic nitrogens is 4. The molecule has 0 amide bonds. The maximum Gasteiger partial charge on any atom is 0.573 e. The fourth-order valence-corrected chi connectivity index (χ4v) is 3.11. The molecular weight excluding hydrogens is 407 g/mol. The molecule has 7 nitrogen and oxygen atoms in total. The summed E-state index contributed by atoms with van der Waals surface area (Å²) in [6, 6.07) is 9.31. The van der Waals surface area contributed by atoms with E-state index < -0.39 is 6.36 Å². The van der Waals surface area contributed by atoms with Gasteiger partial charge >= 0.3 is 6.36 Å². The number of benzene rings is 1. The van der Waals surface area contributed by atoms with E-state index in [4.69, 9.17) is 4.52 Å². The normalized spacial score (nSPS) is 11.4. The van der Waals surface area contributed by atoms with Crippen LogP contribution in [-0.4, -0.2) is 26.5 Å². The summed E-state index contributed by atoms with van der Waals surface area (Å²) in [7, 11) is 0. The number of anilines is 1. The van der Waals surface area contributed by atoms with Crippen LogP contribution in [-0.2, 0) is 6.54 Å². The Bertz CT molecular complexity index is 1080. The Labute approximate surface area is 166 Å². The van der Waals surface area contributed by atoms with E-state index in [0.29, 0.717) is 23.8 Å². The summed E-state index contributed by atoms with van der Waals surface area (Å²) in [6.07, 6.45) is -1.81. The number of nitrogens with zero attached hydrogens (tertiary/aromatic N) is 4. The van der Waals surface area contributed by atoms with Crippen molar-refractivity contribution in [1.82, 2.24) is 20.1 Å². The molecule has 29 heavy (non-hydrogen) atoms. The number of hydrogen-bond donors (Lipinski definition) is 1. The average molecular weight is 419 g/mol. The van der Waals surface area contributed by atoms with Crippen molar-refractivity contribution in [3.63, 3.8) is 0 Å². The zero-order valence-electron chi connectivity index (χ0n) is 14.6. The van der Waals surface area contributed by atoms with Crippen molar-refractivity contribution in [2.75, 3.05) is 5.32 Å². The quantitative estimate of drug-likeness (QED) is 0.482. The van der Waals surface area contributed by atoms with E-state index in [0.717, 1.165) is 10.4 Å². The van der Waals surface area contributed by atoms with Gasteiger partial charge in [-0.15, -0.1) is 24.5 Å². The van der Waals surface area contributed by atoms with Gasteiger partial charge in [0.05, 0.1) is 4.88 Å². The van der Waals surface area contributed by atoms with E-state index in [1.807, 2.05) is 17.5 Å². The first-order valence-electron chi connectivity index (χ1n) is 8.24. The first-order valence-corrected chi connectivity index (χ1v) is 9.12. The van der Waals surface area contributed by atoms with E-state index in [-0.39, 0.29) is 11.6 Å². The van der Waals surface area contributed by atoms with Gasteiger partial charge < -0.3 is 14.6 Å². The van der Waals surface area contributed by atoms with E-state index in [2.05, 4.69) is 30.2 Å². The second kappa shape index (κ2) is 7.87. The fourth-order valence-electron chi connectivity index (χ4n) is 2.46. The van der Waals surface area contributed by atoms with Crippen LogP contribution in [0.25, 0.3) is 22.2 Å². The van der Waals surface area contributed by atoms with Crippen LogP contribution in [0.15, 0.2) is 58.8 Å². The molecule has 0 aliphatic carbocycles. The number of halogens is 3. The molecule has 0 saturated carbocycles. The number of ether oxygens (including phenoxy) is 1. The zero-order valence-corrected chi connectivity index (χ0v) is 15.4. The molecular formula is C18H12F3N5O2S. The van der Waals surface area contributed by atoms with Crippen LogP contribution < -0.4 is 10.1 Å².